The van der Waals surface area contributed by atoms with Crippen LogP contribution in [0.15, 0.2) is 42.7 Å². The van der Waals surface area contributed by atoms with Crippen LogP contribution in [0.25, 0.3) is 22.4 Å². The number of pyridine rings is 1. The molecular formula is C17H17ClN4O. The van der Waals surface area contributed by atoms with E-state index in [9.17, 15) is 0 Å². The number of hydrogen-bond donors (Lipinski definition) is 1. The smallest absolute Gasteiger partial charge is 0.158 e. The number of nitrogens with one attached hydrogen (secondary N) is 1. The summed E-state index contributed by atoms with van der Waals surface area (Å²) in [6.07, 6.45) is 3.94. The van der Waals surface area contributed by atoms with Crippen molar-refractivity contribution in [2.75, 3.05) is 19.7 Å². The molecule has 1 aliphatic rings. The zero-order valence-corrected chi connectivity index (χ0v) is 13.3. The van der Waals surface area contributed by atoms with E-state index in [1.165, 1.54) is 0 Å². The Morgan fingerprint density at radius 1 is 1.30 bits per heavy atom. The zero-order chi connectivity index (χ0) is 15.6. The van der Waals surface area contributed by atoms with Crippen molar-refractivity contribution in [3.8, 4) is 11.5 Å². The van der Waals surface area contributed by atoms with E-state index in [0.717, 1.165) is 53.7 Å². The first kappa shape index (κ1) is 14.6. The van der Waals surface area contributed by atoms with E-state index in [4.69, 9.17) is 21.3 Å². The number of rotatable bonds is 3. The maximum atomic E-state index is 6.03. The van der Waals surface area contributed by atoms with E-state index >= 15 is 0 Å². The second kappa shape index (κ2) is 6.28. The van der Waals surface area contributed by atoms with E-state index < -0.39 is 0 Å². The van der Waals surface area contributed by atoms with Gasteiger partial charge in [-0.2, -0.15) is 0 Å². The Bertz CT molecular complexity index is 826. The summed E-state index contributed by atoms with van der Waals surface area (Å²) < 4.78 is 7.88. The normalized spacial score (nSPS) is 18.4. The Morgan fingerprint density at radius 2 is 2.26 bits per heavy atom. The molecule has 3 heterocycles. The average Bonchev–Trinajstić information content (AvgIpc) is 3.03. The van der Waals surface area contributed by atoms with Gasteiger partial charge in [-0.05, 0) is 24.3 Å². The summed E-state index contributed by atoms with van der Waals surface area (Å²) in [6, 6.07) is 9.72. The molecule has 23 heavy (non-hydrogen) atoms. The van der Waals surface area contributed by atoms with Gasteiger partial charge in [-0.15, -0.1) is 0 Å². The van der Waals surface area contributed by atoms with E-state index in [0.29, 0.717) is 0 Å². The van der Waals surface area contributed by atoms with E-state index in [1.54, 1.807) is 6.20 Å². The van der Waals surface area contributed by atoms with Gasteiger partial charge in [-0.3, -0.25) is 0 Å². The first-order valence-electron chi connectivity index (χ1n) is 7.70. The number of morpholine rings is 1. The molecule has 0 radical (unpaired) electrons. The van der Waals surface area contributed by atoms with Crippen LogP contribution in [0.2, 0.25) is 5.02 Å². The van der Waals surface area contributed by atoms with Gasteiger partial charge in [-0.25, -0.2) is 9.97 Å². The molecule has 1 unspecified atom stereocenters. The summed E-state index contributed by atoms with van der Waals surface area (Å²) in [5.74, 6) is 0.857. The Hall–Kier alpha value is -1.95. The molecule has 0 aliphatic carbocycles. The lowest BCUT2D eigenvalue weighted by atomic mass is 10.2. The van der Waals surface area contributed by atoms with Gasteiger partial charge in [0.05, 0.1) is 24.8 Å². The van der Waals surface area contributed by atoms with Gasteiger partial charge < -0.3 is 14.6 Å². The molecule has 0 saturated carbocycles. The second-order valence-corrected chi connectivity index (χ2v) is 6.07. The fraction of sp³-hybridized carbons (Fsp3) is 0.294. The highest BCUT2D eigenvalue weighted by Crippen LogP contribution is 2.22. The molecule has 118 valence electrons. The predicted molar refractivity (Wildman–Crippen MR) is 90.6 cm³/mol. The third-order valence-electron chi connectivity index (χ3n) is 4.00. The van der Waals surface area contributed by atoms with Gasteiger partial charge in [0, 0.05) is 35.9 Å². The Labute approximate surface area is 139 Å². The standard InChI is InChI=1S/C17H17ClN4O/c18-13-2-4-15-12(9-13)1-3-16(21-15)17-20-5-7-22(17)11-14-10-19-6-8-23-14/h1-5,7,9,14,19H,6,8,10-11H2. The van der Waals surface area contributed by atoms with Gasteiger partial charge >= 0.3 is 0 Å². The van der Waals surface area contributed by atoms with Crippen molar-refractivity contribution >= 4 is 22.5 Å². The van der Waals surface area contributed by atoms with Gasteiger partial charge in [0.15, 0.2) is 5.82 Å². The number of hydrogen-bond acceptors (Lipinski definition) is 4. The Morgan fingerprint density at radius 3 is 3.13 bits per heavy atom. The van der Waals surface area contributed by atoms with Gasteiger partial charge in [0.1, 0.15) is 5.69 Å². The summed E-state index contributed by atoms with van der Waals surface area (Å²) in [7, 11) is 0. The minimum atomic E-state index is 0.163. The molecule has 1 N–H and O–H groups in total. The monoisotopic (exact) mass is 328 g/mol. The third kappa shape index (κ3) is 3.08. The SMILES string of the molecule is Clc1ccc2nc(-c3nccn3CC3CNCCO3)ccc2c1. The predicted octanol–water partition coefficient (Wildman–Crippen LogP) is 2.74. The molecule has 1 fully saturated rings. The molecule has 6 heteroatoms. The quantitative estimate of drug-likeness (QED) is 0.803. The van der Waals surface area contributed by atoms with Crippen LogP contribution in [0.4, 0.5) is 0 Å². The number of halogens is 1. The van der Waals surface area contributed by atoms with Crippen molar-refractivity contribution in [1.29, 1.82) is 0 Å². The van der Waals surface area contributed by atoms with Crippen LogP contribution in [-0.2, 0) is 11.3 Å². The molecule has 1 saturated heterocycles. The fourth-order valence-corrected chi connectivity index (χ4v) is 3.05. The lowest BCUT2D eigenvalue weighted by molar-refractivity contribution is 0.0185. The largest absolute Gasteiger partial charge is 0.374 e. The van der Waals surface area contributed by atoms with Crippen molar-refractivity contribution < 1.29 is 4.74 Å². The summed E-state index contributed by atoms with van der Waals surface area (Å²) in [5.41, 5.74) is 1.77. The molecule has 0 spiro atoms. The van der Waals surface area contributed by atoms with E-state index in [1.807, 2.05) is 36.5 Å². The summed E-state index contributed by atoms with van der Waals surface area (Å²) >= 11 is 6.03. The average molecular weight is 329 g/mol. The van der Waals surface area contributed by atoms with Crippen molar-refractivity contribution in [3.63, 3.8) is 0 Å². The van der Waals surface area contributed by atoms with Crippen LogP contribution in [0, 0.1) is 0 Å². The molecule has 1 aromatic carbocycles. The topological polar surface area (TPSA) is 52.0 Å². The molecule has 1 aliphatic heterocycles. The molecule has 1 atom stereocenters. The number of imidazole rings is 1. The minimum absolute atomic E-state index is 0.163. The highest BCUT2D eigenvalue weighted by atomic mass is 35.5. The second-order valence-electron chi connectivity index (χ2n) is 5.63. The third-order valence-corrected chi connectivity index (χ3v) is 4.24. The summed E-state index contributed by atoms with van der Waals surface area (Å²) in [4.78, 5) is 9.19. The number of aromatic nitrogens is 3. The van der Waals surface area contributed by atoms with Crippen molar-refractivity contribution in [1.82, 2.24) is 19.9 Å². The lowest BCUT2D eigenvalue weighted by Crippen LogP contribution is -2.40. The molecule has 2 aromatic heterocycles. The van der Waals surface area contributed by atoms with Crippen LogP contribution in [0.3, 0.4) is 0 Å². The molecule has 0 amide bonds. The number of nitrogens with zero attached hydrogens (tertiary/aromatic N) is 3. The number of fused-ring (bicyclic) bond motifs is 1. The van der Waals surface area contributed by atoms with Crippen LogP contribution < -0.4 is 5.32 Å². The number of ether oxygens (including phenoxy) is 1. The van der Waals surface area contributed by atoms with Crippen LogP contribution in [0.1, 0.15) is 0 Å². The highest BCUT2D eigenvalue weighted by Gasteiger charge is 2.16. The minimum Gasteiger partial charge on any atom is -0.374 e. The Kier molecular flexibility index (Phi) is 3.99. The van der Waals surface area contributed by atoms with Crippen molar-refractivity contribution in [2.24, 2.45) is 0 Å². The van der Waals surface area contributed by atoms with Crippen LogP contribution >= 0.6 is 11.6 Å². The Balaban J connectivity index is 1.65. The van der Waals surface area contributed by atoms with Crippen molar-refractivity contribution in [2.45, 2.75) is 12.6 Å². The molecule has 3 aromatic rings. The first-order valence-corrected chi connectivity index (χ1v) is 8.07. The first-order chi connectivity index (χ1) is 11.3. The van der Waals surface area contributed by atoms with Crippen LogP contribution in [0.5, 0.6) is 0 Å². The van der Waals surface area contributed by atoms with Crippen molar-refractivity contribution in [3.05, 3.63) is 47.7 Å². The molecule has 5 nitrogen and oxygen atoms in total. The molecule has 0 bridgehead atoms. The zero-order valence-electron chi connectivity index (χ0n) is 12.6. The summed E-state index contributed by atoms with van der Waals surface area (Å²) in [6.45, 7) is 3.30. The molecular weight excluding hydrogens is 312 g/mol. The lowest BCUT2D eigenvalue weighted by Gasteiger charge is -2.24. The van der Waals surface area contributed by atoms with Crippen LogP contribution in [-0.4, -0.2) is 40.3 Å². The van der Waals surface area contributed by atoms with Gasteiger partial charge in [0.2, 0.25) is 0 Å². The van der Waals surface area contributed by atoms with E-state index in [-0.39, 0.29) is 6.10 Å². The van der Waals surface area contributed by atoms with Gasteiger partial charge in [-0.1, -0.05) is 17.7 Å². The van der Waals surface area contributed by atoms with E-state index in [2.05, 4.69) is 14.9 Å². The number of benzene rings is 1. The maximum absolute atomic E-state index is 6.03. The van der Waals surface area contributed by atoms with Gasteiger partial charge in [0.25, 0.3) is 0 Å². The summed E-state index contributed by atoms with van der Waals surface area (Å²) in [5, 5.41) is 5.09. The highest BCUT2D eigenvalue weighted by molar-refractivity contribution is 6.31. The molecule has 4 rings (SSSR count). The maximum Gasteiger partial charge on any atom is 0.158 e. The fourth-order valence-electron chi connectivity index (χ4n) is 2.87.